The molecule has 2 heterocycles. The molecule has 1 atom stereocenters. The van der Waals surface area contributed by atoms with Crippen molar-refractivity contribution in [2.45, 2.75) is 29.5 Å². The molecule has 0 saturated heterocycles. The SMILES string of the molecule is COc1cc(/C(C(C)=N)=C(/Nc2nc3c(s2)SC(C)c2cc(Cl)c(Cl)cc2-3)C(=O)O)cc(C(F)(F)F)c1. The van der Waals surface area contributed by atoms with Crippen molar-refractivity contribution in [1.82, 2.24) is 4.98 Å². The highest BCUT2D eigenvalue weighted by atomic mass is 35.5. The summed E-state index contributed by atoms with van der Waals surface area (Å²) in [6.45, 7) is 3.28. The van der Waals surface area contributed by atoms with E-state index in [9.17, 15) is 23.1 Å². The maximum absolute atomic E-state index is 13.5. The number of aromatic nitrogens is 1. The number of carboxylic acids is 1. The lowest BCUT2D eigenvalue weighted by Gasteiger charge is -2.21. The minimum Gasteiger partial charge on any atom is -0.497 e. The number of anilines is 1. The Morgan fingerprint density at radius 3 is 2.46 bits per heavy atom. The number of nitrogens with one attached hydrogen (secondary N) is 2. The molecule has 194 valence electrons. The maximum atomic E-state index is 13.5. The smallest absolute Gasteiger partial charge is 0.416 e. The van der Waals surface area contributed by atoms with E-state index in [1.807, 2.05) is 6.92 Å². The summed E-state index contributed by atoms with van der Waals surface area (Å²) < 4.78 is 46.3. The molecule has 6 nitrogen and oxygen atoms in total. The number of carboxylic acid groups (broad SMARTS) is 1. The number of thiazole rings is 1. The molecule has 1 aliphatic heterocycles. The Hall–Kier alpha value is -2.73. The first kappa shape index (κ1) is 27.3. The summed E-state index contributed by atoms with van der Waals surface area (Å²) in [4.78, 5) is 16.9. The number of thioether (sulfide) groups is 1. The third kappa shape index (κ3) is 5.45. The molecule has 0 fully saturated rings. The second-order valence-electron chi connectivity index (χ2n) is 8.02. The number of fused-ring (bicyclic) bond motifs is 3. The lowest BCUT2D eigenvalue weighted by molar-refractivity contribution is -0.137. The van der Waals surface area contributed by atoms with Crippen LogP contribution in [0.2, 0.25) is 10.0 Å². The molecule has 2 aromatic carbocycles. The van der Waals surface area contributed by atoms with Gasteiger partial charge in [0, 0.05) is 22.1 Å². The quantitative estimate of drug-likeness (QED) is 0.198. The zero-order chi connectivity index (χ0) is 27.2. The summed E-state index contributed by atoms with van der Waals surface area (Å²) in [6.07, 6.45) is -4.71. The molecule has 0 aliphatic carbocycles. The van der Waals surface area contributed by atoms with Crippen LogP contribution in [0, 0.1) is 5.41 Å². The number of alkyl halides is 3. The van der Waals surface area contributed by atoms with Gasteiger partial charge in [0.15, 0.2) is 5.13 Å². The van der Waals surface area contributed by atoms with Gasteiger partial charge in [0.2, 0.25) is 0 Å². The highest BCUT2D eigenvalue weighted by Gasteiger charge is 2.33. The van der Waals surface area contributed by atoms with Crippen molar-refractivity contribution in [1.29, 1.82) is 5.41 Å². The van der Waals surface area contributed by atoms with Gasteiger partial charge in [-0.15, -0.1) is 11.8 Å². The van der Waals surface area contributed by atoms with Crippen molar-refractivity contribution >= 4 is 68.7 Å². The Morgan fingerprint density at radius 1 is 1.19 bits per heavy atom. The number of halogens is 5. The predicted octanol–water partition coefficient (Wildman–Crippen LogP) is 8.26. The van der Waals surface area contributed by atoms with Gasteiger partial charge in [-0.3, -0.25) is 0 Å². The van der Waals surface area contributed by atoms with Gasteiger partial charge >= 0.3 is 12.1 Å². The van der Waals surface area contributed by atoms with Gasteiger partial charge in [-0.1, -0.05) is 34.5 Å². The van der Waals surface area contributed by atoms with E-state index in [-0.39, 0.29) is 33.0 Å². The molecule has 37 heavy (non-hydrogen) atoms. The fourth-order valence-electron chi connectivity index (χ4n) is 3.84. The van der Waals surface area contributed by atoms with Crippen molar-refractivity contribution in [3.8, 4) is 17.0 Å². The zero-order valence-corrected chi connectivity index (χ0v) is 22.5. The summed E-state index contributed by atoms with van der Waals surface area (Å²) in [5.74, 6) is -1.60. The van der Waals surface area contributed by atoms with E-state index in [1.165, 1.54) is 43.2 Å². The number of nitrogens with zero attached hydrogens (tertiary/aromatic N) is 1. The van der Waals surface area contributed by atoms with Crippen LogP contribution in [-0.2, 0) is 11.0 Å². The van der Waals surface area contributed by atoms with Crippen molar-refractivity contribution in [3.05, 3.63) is 62.8 Å². The minimum absolute atomic E-state index is 0.0250. The number of carbonyl (C=O) groups is 1. The van der Waals surface area contributed by atoms with E-state index in [0.29, 0.717) is 15.7 Å². The summed E-state index contributed by atoms with van der Waals surface area (Å²) in [7, 11) is 1.20. The average Bonchev–Trinajstić information content (AvgIpc) is 3.21. The van der Waals surface area contributed by atoms with E-state index in [0.717, 1.165) is 27.5 Å². The third-order valence-electron chi connectivity index (χ3n) is 5.49. The van der Waals surface area contributed by atoms with E-state index in [1.54, 1.807) is 12.1 Å². The van der Waals surface area contributed by atoms with Crippen molar-refractivity contribution in [2.24, 2.45) is 0 Å². The number of allylic oxidation sites excluding steroid dienone is 1. The number of benzene rings is 2. The first-order chi connectivity index (χ1) is 17.3. The van der Waals surface area contributed by atoms with Gasteiger partial charge in [0.1, 0.15) is 11.4 Å². The molecule has 0 spiro atoms. The van der Waals surface area contributed by atoms with Gasteiger partial charge in [0.05, 0.1) is 32.6 Å². The highest BCUT2D eigenvalue weighted by Crippen LogP contribution is 2.53. The Labute approximate surface area is 228 Å². The first-order valence-electron chi connectivity index (χ1n) is 10.5. The molecule has 4 rings (SSSR count). The van der Waals surface area contributed by atoms with Crippen LogP contribution in [0.4, 0.5) is 18.3 Å². The summed E-state index contributed by atoms with van der Waals surface area (Å²) in [6, 6.07) is 6.31. The van der Waals surface area contributed by atoms with Crippen LogP contribution in [0.25, 0.3) is 16.8 Å². The molecule has 1 aromatic heterocycles. The topological polar surface area (TPSA) is 95.3 Å². The second-order valence-corrected chi connectivity index (χ2v) is 11.4. The van der Waals surface area contributed by atoms with Gasteiger partial charge < -0.3 is 20.6 Å². The van der Waals surface area contributed by atoms with Crippen LogP contribution in [-0.4, -0.2) is 28.9 Å². The van der Waals surface area contributed by atoms with Crippen molar-refractivity contribution in [2.75, 3.05) is 12.4 Å². The molecule has 1 aliphatic rings. The Kier molecular flexibility index (Phi) is 7.53. The van der Waals surface area contributed by atoms with E-state index >= 15 is 0 Å². The molecule has 0 bridgehead atoms. The lowest BCUT2D eigenvalue weighted by atomic mass is 9.97. The average molecular weight is 588 g/mol. The number of methoxy groups -OCH3 is 1. The van der Waals surface area contributed by atoms with Crippen LogP contribution in [0.5, 0.6) is 5.75 Å². The van der Waals surface area contributed by atoms with Gasteiger partial charge in [-0.25, -0.2) is 9.78 Å². The Bertz CT molecular complexity index is 1470. The largest absolute Gasteiger partial charge is 0.497 e. The van der Waals surface area contributed by atoms with Crippen LogP contribution < -0.4 is 10.1 Å². The number of ether oxygens (including phenoxy) is 1. The van der Waals surface area contributed by atoms with Gasteiger partial charge in [0.25, 0.3) is 0 Å². The second kappa shape index (κ2) is 10.2. The standard InChI is InChI=1S/C24H18Cl2F3N3O3S2/c1-9(30)18(11-4-12(24(27,28)29)6-13(5-11)35-3)20(21(33)34)32-23-31-19-15-8-17(26)16(25)7-14(15)10(2)36-22(19)37-23/h4-8,10,30H,1-3H3,(H,31,32)(H,33,34)/b20-18+,30-9?. The number of hydrogen-bond donors (Lipinski definition) is 3. The monoisotopic (exact) mass is 587 g/mol. The van der Waals surface area contributed by atoms with Crippen molar-refractivity contribution in [3.63, 3.8) is 0 Å². The minimum atomic E-state index is -4.71. The molecule has 3 N–H and O–H groups in total. The Morgan fingerprint density at radius 2 is 1.86 bits per heavy atom. The molecule has 0 saturated carbocycles. The number of rotatable bonds is 6. The summed E-state index contributed by atoms with van der Waals surface area (Å²) in [5, 5.41) is 21.9. The van der Waals surface area contributed by atoms with Crippen LogP contribution in [0.1, 0.15) is 35.8 Å². The molecule has 3 aromatic rings. The van der Waals surface area contributed by atoms with E-state index < -0.39 is 23.4 Å². The fourth-order valence-corrected chi connectivity index (χ4v) is 6.67. The molecule has 13 heteroatoms. The van der Waals surface area contributed by atoms with Gasteiger partial charge in [-0.2, -0.15) is 13.2 Å². The van der Waals surface area contributed by atoms with Gasteiger partial charge in [-0.05, 0) is 55.3 Å². The third-order valence-corrected chi connectivity index (χ3v) is 8.54. The number of aliphatic carboxylic acids is 1. The Balaban J connectivity index is 1.85. The maximum Gasteiger partial charge on any atom is 0.416 e. The predicted molar refractivity (Wildman–Crippen MR) is 141 cm³/mol. The molecule has 0 amide bonds. The van der Waals surface area contributed by atoms with E-state index in [4.69, 9.17) is 33.3 Å². The fraction of sp³-hybridized carbons (Fsp3) is 0.208. The van der Waals surface area contributed by atoms with Crippen LogP contribution in [0.15, 0.2) is 40.2 Å². The molecule has 0 radical (unpaired) electrons. The first-order valence-corrected chi connectivity index (χ1v) is 13.0. The van der Waals surface area contributed by atoms with Crippen LogP contribution in [0.3, 0.4) is 0 Å². The normalized spacial score (nSPS) is 15.4. The molecular formula is C24H18Cl2F3N3O3S2. The summed E-state index contributed by atoms with van der Waals surface area (Å²) in [5.41, 5.74) is 0.100. The van der Waals surface area contributed by atoms with E-state index in [2.05, 4.69) is 10.3 Å². The zero-order valence-electron chi connectivity index (χ0n) is 19.4. The highest BCUT2D eigenvalue weighted by molar-refractivity contribution is 8.01. The lowest BCUT2D eigenvalue weighted by Crippen LogP contribution is -2.17. The molecule has 1 unspecified atom stereocenters. The van der Waals surface area contributed by atoms with Crippen molar-refractivity contribution < 1.29 is 27.8 Å². The number of hydrogen-bond acceptors (Lipinski definition) is 7. The molecular weight excluding hydrogens is 570 g/mol. The summed E-state index contributed by atoms with van der Waals surface area (Å²) >= 11 is 15.1. The van der Waals surface area contributed by atoms with Crippen LogP contribution >= 0.6 is 46.3 Å².